The largest absolute Gasteiger partial charge is 0.116 e. The van der Waals surface area contributed by atoms with Gasteiger partial charge in [-0.05, 0) is 30.5 Å². The standard InChI is InChI=1S/C19H20/c1-3-7-18(19-13-10-16(2)11-14-19)15-12-17-8-5-4-6-9-17/h4-6,8-14H,3,7H2,1-2H3. The SMILES string of the molecule is CCCC(=C=Cc1ccccc1)c1ccc(C)cc1. The summed E-state index contributed by atoms with van der Waals surface area (Å²) < 4.78 is 0. The molecule has 0 aliphatic rings. The molecule has 0 spiro atoms. The summed E-state index contributed by atoms with van der Waals surface area (Å²) in [7, 11) is 0. The minimum Gasteiger partial charge on any atom is -0.116 e. The molecule has 2 aromatic rings. The van der Waals surface area contributed by atoms with Crippen molar-refractivity contribution in [3.05, 3.63) is 77.0 Å². The quantitative estimate of drug-likeness (QED) is 0.627. The predicted octanol–water partition coefficient (Wildman–Crippen LogP) is 5.49. The summed E-state index contributed by atoms with van der Waals surface area (Å²) >= 11 is 0. The third-order valence-electron chi connectivity index (χ3n) is 3.11. The molecule has 0 atom stereocenters. The van der Waals surface area contributed by atoms with Crippen molar-refractivity contribution in [2.24, 2.45) is 0 Å². The van der Waals surface area contributed by atoms with E-state index in [1.54, 1.807) is 0 Å². The van der Waals surface area contributed by atoms with Gasteiger partial charge in [0.2, 0.25) is 0 Å². The Labute approximate surface area is 116 Å². The topological polar surface area (TPSA) is 0 Å². The number of aryl methyl sites for hydroxylation is 1. The van der Waals surface area contributed by atoms with Gasteiger partial charge in [-0.1, -0.05) is 73.5 Å². The first-order valence-electron chi connectivity index (χ1n) is 6.87. The van der Waals surface area contributed by atoms with Crippen LogP contribution in [0.15, 0.2) is 60.3 Å². The van der Waals surface area contributed by atoms with Crippen molar-refractivity contribution in [3.63, 3.8) is 0 Å². The smallest absolute Gasteiger partial charge is 0.00122 e. The molecule has 0 fully saturated rings. The molecular formula is C19H20. The van der Waals surface area contributed by atoms with E-state index in [0.717, 1.165) is 12.8 Å². The van der Waals surface area contributed by atoms with E-state index in [-0.39, 0.29) is 0 Å². The molecule has 0 unspecified atom stereocenters. The van der Waals surface area contributed by atoms with Gasteiger partial charge >= 0.3 is 0 Å². The van der Waals surface area contributed by atoms with Crippen LogP contribution in [-0.2, 0) is 0 Å². The van der Waals surface area contributed by atoms with Gasteiger partial charge < -0.3 is 0 Å². The highest BCUT2D eigenvalue weighted by Crippen LogP contribution is 2.19. The number of allylic oxidation sites excluding steroid dienone is 1. The third kappa shape index (κ3) is 3.98. The molecule has 0 saturated carbocycles. The Morgan fingerprint density at radius 2 is 1.68 bits per heavy atom. The fourth-order valence-electron chi connectivity index (χ4n) is 2.02. The Morgan fingerprint density at radius 1 is 1.00 bits per heavy atom. The van der Waals surface area contributed by atoms with Crippen molar-refractivity contribution in [2.75, 3.05) is 0 Å². The average Bonchev–Trinajstić information content (AvgIpc) is 2.46. The lowest BCUT2D eigenvalue weighted by Gasteiger charge is -2.04. The van der Waals surface area contributed by atoms with Crippen molar-refractivity contribution < 1.29 is 0 Å². The Kier molecular flexibility index (Phi) is 4.78. The van der Waals surface area contributed by atoms with Crippen LogP contribution in [0.5, 0.6) is 0 Å². The first-order chi connectivity index (χ1) is 9.29. The molecule has 0 bridgehead atoms. The molecule has 0 saturated heterocycles. The van der Waals surface area contributed by atoms with Gasteiger partial charge in [0, 0.05) is 5.57 Å². The van der Waals surface area contributed by atoms with E-state index in [1.165, 1.54) is 22.3 Å². The van der Waals surface area contributed by atoms with Crippen molar-refractivity contribution in [1.82, 2.24) is 0 Å². The first-order valence-corrected chi connectivity index (χ1v) is 6.87. The molecule has 0 nitrogen and oxygen atoms in total. The Morgan fingerprint density at radius 3 is 2.32 bits per heavy atom. The van der Waals surface area contributed by atoms with Gasteiger partial charge in [0.05, 0.1) is 0 Å². The highest BCUT2D eigenvalue weighted by Gasteiger charge is 1.99. The minimum absolute atomic E-state index is 1.06. The molecule has 96 valence electrons. The van der Waals surface area contributed by atoms with E-state index in [4.69, 9.17) is 0 Å². The number of hydrogen-bond donors (Lipinski definition) is 0. The zero-order valence-corrected chi connectivity index (χ0v) is 11.7. The second kappa shape index (κ2) is 6.78. The molecule has 0 heterocycles. The van der Waals surface area contributed by atoms with Crippen LogP contribution < -0.4 is 0 Å². The molecule has 19 heavy (non-hydrogen) atoms. The number of rotatable bonds is 4. The maximum atomic E-state index is 3.46. The van der Waals surface area contributed by atoms with Crippen LogP contribution in [0, 0.1) is 6.92 Å². The third-order valence-corrected chi connectivity index (χ3v) is 3.11. The Hall–Kier alpha value is -2.04. The van der Waals surface area contributed by atoms with Crippen LogP contribution in [0.2, 0.25) is 0 Å². The van der Waals surface area contributed by atoms with Gasteiger partial charge in [-0.2, -0.15) is 0 Å². The zero-order valence-electron chi connectivity index (χ0n) is 11.7. The normalized spacial score (nSPS) is 9.79. The molecule has 0 amide bonds. The van der Waals surface area contributed by atoms with Crippen LogP contribution in [0.1, 0.15) is 36.5 Å². The lowest BCUT2D eigenvalue weighted by molar-refractivity contribution is 0.974. The molecule has 0 heteroatoms. The van der Waals surface area contributed by atoms with Crippen LogP contribution in [0.4, 0.5) is 0 Å². The summed E-state index contributed by atoms with van der Waals surface area (Å²) in [5, 5.41) is 0. The molecule has 0 aromatic heterocycles. The molecule has 0 radical (unpaired) electrons. The van der Waals surface area contributed by atoms with Gasteiger partial charge in [0.15, 0.2) is 0 Å². The Balaban J connectivity index is 2.34. The van der Waals surface area contributed by atoms with Gasteiger partial charge in [0.25, 0.3) is 0 Å². The van der Waals surface area contributed by atoms with Crippen LogP contribution in [-0.4, -0.2) is 0 Å². The van der Waals surface area contributed by atoms with Crippen molar-refractivity contribution in [1.29, 1.82) is 0 Å². The summed E-state index contributed by atoms with van der Waals surface area (Å²) in [6.07, 6.45) is 4.27. The fourth-order valence-corrected chi connectivity index (χ4v) is 2.02. The van der Waals surface area contributed by atoms with E-state index in [2.05, 4.69) is 74.2 Å². The molecule has 0 aliphatic carbocycles. The van der Waals surface area contributed by atoms with Gasteiger partial charge in [0.1, 0.15) is 0 Å². The lowest BCUT2D eigenvalue weighted by atomic mass is 10.0. The molecular weight excluding hydrogens is 228 g/mol. The van der Waals surface area contributed by atoms with Crippen molar-refractivity contribution >= 4 is 11.6 Å². The summed E-state index contributed by atoms with van der Waals surface area (Å²) in [6, 6.07) is 19.0. The summed E-state index contributed by atoms with van der Waals surface area (Å²) in [6.45, 7) is 4.32. The highest BCUT2D eigenvalue weighted by molar-refractivity contribution is 5.69. The van der Waals surface area contributed by atoms with Crippen LogP contribution in [0.25, 0.3) is 11.6 Å². The molecule has 0 N–H and O–H groups in total. The second-order valence-electron chi connectivity index (χ2n) is 4.79. The van der Waals surface area contributed by atoms with E-state index >= 15 is 0 Å². The molecule has 2 aromatic carbocycles. The van der Waals surface area contributed by atoms with E-state index in [0.29, 0.717) is 0 Å². The second-order valence-corrected chi connectivity index (χ2v) is 4.79. The minimum atomic E-state index is 1.06. The summed E-state index contributed by atoms with van der Waals surface area (Å²) in [5.74, 6) is 0. The van der Waals surface area contributed by atoms with Crippen molar-refractivity contribution in [3.8, 4) is 0 Å². The van der Waals surface area contributed by atoms with Gasteiger partial charge in [-0.25, -0.2) is 0 Å². The fraction of sp³-hybridized carbons (Fsp3) is 0.211. The first kappa shape index (κ1) is 13.4. The van der Waals surface area contributed by atoms with Crippen LogP contribution >= 0.6 is 0 Å². The lowest BCUT2D eigenvalue weighted by Crippen LogP contribution is -1.83. The van der Waals surface area contributed by atoms with E-state index < -0.39 is 0 Å². The molecule has 2 rings (SSSR count). The van der Waals surface area contributed by atoms with Gasteiger partial charge in [-0.15, -0.1) is 5.73 Å². The molecule has 0 aliphatic heterocycles. The number of benzene rings is 2. The maximum absolute atomic E-state index is 3.46. The average molecular weight is 248 g/mol. The monoisotopic (exact) mass is 248 g/mol. The van der Waals surface area contributed by atoms with Gasteiger partial charge in [-0.3, -0.25) is 0 Å². The zero-order chi connectivity index (χ0) is 13.5. The maximum Gasteiger partial charge on any atom is 0.00122 e. The van der Waals surface area contributed by atoms with Crippen LogP contribution in [0.3, 0.4) is 0 Å². The van der Waals surface area contributed by atoms with Crippen molar-refractivity contribution in [2.45, 2.75) is 26.7 Å². The predicted molar refractivity (Wildman–Crippen MR) is 83.9 cm³/mol. The Bertz CT molecular complexity index is 567. The van der Waals surface area contributed by atoms with E-state index in [1.807, 2.05) is 6.07 Å². The number of hydrogen-bond acceptors (Lipinski definition) is 0. The summed E-state index contributed by atoms with van der Waals surface area (Å²) in [4.78, 5) is 0. The van der Waals surface area contributed by atoms with E-state index in [9.17, 15) is 0 Å². The highest BCUT2D eigenvalue weighted by atomic mass is 14.0. The summed E-state index contributed by atoms with van der Waals surface area (Å²) in [5.41, 5.74) is 8.52.